The van der Waals surface area contributed by atoms with Crippen LogP contribution in [0.15, 0.2) is 23.0 Å². The average Bonchev–Trinajstić information content (AvgIpc) is 2.90. The number of aryl methyl sites for hydroxylation is 2. The van der Waals surface area contributed by atoms with Gasteiger partial charge in [0.05, 0.1) is 24.4 Å². The standard InChI is InChI=1S/C35H52N4O5/c1-9-39(28-11-22(4)42-23(5)12-28)33-16-30(44-29-13-27(14-29)38-18-24(6)43-25(7)19-38)15-31(26(33)8)34(40)36-17-32-20(2)10-21(3)37-35(32)41/h10,15-16,22-25,27-29H,9,11-14,17-19H2,1-8H3,(H,36,40)(H,37,41)/t22-,23+,24-,25+,27-,28-,29-. The molecule has 0 radical (unpaired) electrons. The highest BCUT2D eigenvalue weighted by molar-refractivity contribution is 5.97. The molecule has 2 aromatic rings. The molecule has 3 aliphatic rings. The summed E-state index contributed by atoms with van der Waals surface area (Å²) in [6, 6.07) is 6.74. The fourth-order valence-electron chi connectivity index (χ4n) is 7.53. The fraction of sp³-hybridized carbons (Fsp3) is 0.657. The van der Waals surface area contributed by atoms with Crippen LogP contribution in [0.3, 0.4) is 0 Å². The summed E-state index contributed by atoms with van der Waals surface area (Å²) in [6.45, 7) is 19.4. The summed E-state index contributed by atoms with van der Waals surface area (Å²) in [5, 5.41) is 3.03. The van der Waals surface area contributed by atoms with E-state index >= 15 is 0 Å². The molecule has 3 heterocycles. The minimum absolute atomic E-state index is 0.104. The van der Waals surface area contributed by atoms with E-state index in [9.17, 15) is 9.59 Å². The molecule has 1 aromatic heterocycles. The Labute approximate surface area is 262 Å². The SMILES string of the molecule is CCN(c1cc(O[C@H]2C[C@H](N3C[C@@H](C)O[C@@H](C)C3)C2)cc(C(=O)NCc2c(C)cc(C)[nH]c2=O)c1C)[C@@H]1C[C@@H](C)O[C@@H](C)C1. The second kappa shape index (κ2) is 13.6. The molecule has 2 aliphatic heterocycles. The number of carbonyl (C=O) groups is 1. The van der Waals surface area contributed by atoms with Gasteiger partial charge < -0.3 is 29.4 Å². The van der Waals surface area contributed by atoms with Gasteiger partial charge in [0.1, 0.15) is 11.9 Å². The number of H-pyrrole nitrogens is 1. The fourth-order valence-corrected chi connectivity index (χ4v) is 7.53. The van der Waals surface area contributed by atoms with Crippen molar-refractivity contribution in [3.05, 3.63) is 56.5 Å². The Morgan fingerprint density at radius 2 is 1.61 bits per heavy atom. The van der Waals surface area contributed by atoms with E-state index in [4.69, 9.17) is 14.2 Å². The van der Waals surface area contributed by atoms with Gasteiger partial charge in [-0.2, -0.15) is 0 Å². The van der Waals surface area contributed by atoms with E-state index in [-0.39, 0.29) is 48.5 Å². The van der Waals surface area contributed by atoms with Crippen LogP contribution in [0, 0.1) is 20.8 Å². The van der Waals surface area contributed by atoms with Crippen molar-refractivity contribution in [2.24, 2.45) is 0 Å². The molecule has 1 aliphatic carbocycles. The molecule has 0 unspecified atom stereocenters. The predicted octanol–water partition coefficient (Wildman–Crippen LogP) is 5.03. The van der Waals surface area contributed by atoms with Gasteiger partial charge in [0.2, 0.25) is 0 Å². The van der Waals surface area contributed by atoms with Gasteiger partial charge in [0.25, 0.3) is 11.5 Å². The van der Waals surface area contributed by atoms with E-state index in [0.717, 1.165) is 73.6 Å². The lowest BCUT2D eigenvalue weighted by molar-refractivity contribution is -0.103. The zero-order valence-electron chi connectivity index (χ0n) is 27.9. The number of ether oxygens (including phenoxy) is 3. The molecule has 9 heteroatoms. The number of rotatable bonds is 9. The largest absolute Gasteiger partial charge is 0.490 e. The van der Waals surface area contributed by atoms with Crippen LogP contribution in [0.25, 0.3) is 0 Å². The van der Waals surface area contributed by atoms with Gasteiger partial charge in [-0.15, -0.1) is 0 Å². The maximum atomic E-state index is 13.8. The summed E-state index contributed by atoms with van der Waals surface area (Å²) in [4.78, 5) is 34.2. The third kappa shape index (κ3) is 7.32. The van der Waals surface area contributed by atoms with Crippen molar-refractivity contribution in [1.82, 2.24) is 15.2 Å². The third-order valence-corrected chi connectivity index (χ3v) is 9.62. The Hall–Kier alpha value is -2.88. The van der Waals surface area contributed by atoms with Crippen LogP contribution in [0.1, 0.15) is 93.0 Å². The molecule has 5 rings (SSSR count). The Morgan fingerprint density at radius 3 is 2.23 bits per heavy atom. The molecule has 0 bridgehead atoms. The number of aromatic nitrogens is 1. The first-order chi connectivity index (χ1) is 20.9. The van der Waals surface area contributed by atoms with E-state index in [2.05, 4.69) is 60.8 Å². The van der Waals surface area contributed by atoms with Crippen molar-refractivity contribution in [2.45, 2.75) is 130 Å². The summed E-state index contributed by atoms with van der Waals surface area (Å²) >= 11 is 0. The predicted molar refractivity (Wildman–Crippen MR) is 174 cm³/mol. The van der Waals surface area contributed by atoms with Crippen LogP contribution >= 0.6 is 0 Å². The molecule has 0 spiro atoms. The smallest absolute Gasteiger partial charge is 0.253 e. The number of carbonyl (C=O) groups excluding carboxylic acids is 1. The van der Waals surface area contributed by atoms with Crippen molar-refractivity contribution in [3.8, 4) is 5.75 Å². The van der Waals surface area contributed by atoms with Crippen molar-refractivity contribution < 1.29 is 19.0 Å². The van der Waals surface area contributed by atoms with Crippen LogP contribution in [-0.4, -0.2) is 78.0 Å². The molecule has 9 nitrogen and oxygen atoms in total. The first-order valence-electron chi connectivity index (χ1n) is 16.5. The summed E-state index contributed by atoms with van der Waals surface area (Å²) in [7, 11) is 0. The number of nitrogens with one attached hydrogen (secondary N) is 2. The number of pyridine rings is 1. The molecule has 2 saturated heterocycles. The van der Waals surface area contributed by atoms with Crippen LogP contribution in [0.4, 0.5) is 5.69 Å². The average molecular weight is 609 g/mol. The Kier molecular flexibility index (Phi) is 10.1. The van der Waals surface area contributed by atoms with Crippen LogP contribution < -0.4 is 20.5 Å². The number of hydrogen-bond acceptors (Lipinski definition) is 7. The topological polar surface area (TPSA) is 96.1 Å². The van der Waals surface area contributed by atoms with Gasteiger partial charge in [-0.25, -0.2) is 0 Å². The Morgan fingerprint density at radius 1 is 0.977 bits per heavy atom. The Balaban J connectivity index is 1.39. The van der Waals surface area contributed by atoms with E-state index in [1.54, 1.807) is 0 Å². The van der Waals surface area contributed by atoms with Crippen molar-refractivity contribution in [3.63, 3.8) is 0 Å². The quantitative estimate of drug-likeness (QED) is 0.412. The summed E-state index contributed by atoms with van der Waals surface area (Å²) in [5.74, 6) is 0.514. The van der Waals surface area contributed by atoms with Gasteiger partial charge in [-0.3, -0.25) is 14.5 Å². The monoisotopic (exact) mass is 608 g/mol. The molecular formula is C35H52N4O5. The number of hydrogen-bond donors (Lipinski definition) is 2. The number of morpholine rings is 1. The van der Waals surface area contributed by atoms with Crippen molar-refractivity contribution in [2.75, 3.05) is 24.5 Å². The molecular weight excluding hydrogens is 556 g/mol. The minimum atomic E-state index is -0.207. The number of nitrogens with zero attached hydrogens (tertiary/aromatic N) is 2. The number of anilines is 1. The van der Waals surface area contributed by atoms with Crippen molar-refractivity contribution >= 4 is 11.6 Å². The number of benzene rings is 1. The molecule has 44 heavy (non-hydrogen) atoms. The van der Waals surface area contributed by atoms with Gasteiger partial charge in [0, 0.05) is 79.7 Å². The lowest BCUT2D eigenvalue weighted by atomic mass is 9.87. The zero-order chi connectivity index (χ0) is 31.7. The first-order valence-corrected chi connectivity index (χ1v) is 16.5. The number of amides is 1. The van der Waals surface area contributed by atoms with Gasteiger partial charge >= 0.3 is 0 Å². The third-order valence-electron chi connectivity index (χ3n) is 9.62. The molecule has 3 fully saturated rings. The molecule has 1 amide bonds. The zero-order valence-corrected chi connectivity index (χ0v) is 27.9. The highest BCUT2D eigenvalue weighted by atomic mass is 16.5. The van der Waals surface area contributed by atoms with Crippen LogP contribution in [0.2, 0.25) is 0 Å². The molecule has 2 N–H and O–H groups in total. The normalized spacial score (nSPS) is 29.1. The lowest BCUT2D eigenvalue weighted by Crippen LogP contribution is -2.56. The summed E-state index contributed by atoms with van der Waals surface area (Å²) in [6.07, 6.45) is 4.73. The van der Waals surface area contributed by atoms with E-state index in [1.165, 1.54) is 0 Å². The van der Waals surface area contributed by atoms with Gasteiger partial charge in [0.15, 0.2) is 0 Å². The molecule has 242 valence electrons. The van der Waals surface area contributed by atoms with E-state index in [1.807, 2.05) is 32.9 Å². The van der Waals surface area contributed by atoms with Gasteiger partial charge in [-0.1, -0.05) is 0 Å². The maximum Gasteiger partial charge on any atom is 0.253 e. The Bertz CT molecular complexity index is 1370. The summed E-state index contributed by atoms with van der Waals surface area (Å²) in [5.41, 5.74) is 4.60. The molecule has 5 atom stereocenters. The summed E-state index contributed by atoms with van der Waals surface area (Å²) < 4.78 is 18.6. The van der Waals surface area contributed by atoms with Gasteiger partial charge in [-0.05, 0) is 91.5 Å². The van der Waals surface area contributed by atoms with E-state index in [0.29, 0.717) is 23.2 Å². The first kappa shape index (κ1) is 32.5. The highest BCUT2D eigenvalue weighted by Crippen LogP contribution is 2.37. The highest BCUT2D eigenvalue weighted by Gasteiger charge is 2.38. The second-order valence-electron chi connectivity index (χ2n) is 13.5. The van der Waals surface area contributed by atoms with Crippen LogP contribution in [0.5, 0.6) is 5.75 Å². The van der Waals surface area contributed by atoms with Crippen LogP contribution in [-0.2, 0) is 16.0 Å². The minimum Gasteiger partial charge on any atom is -0.490 e. The van der Waals surface area contributed by atoms with E-state index < -0.39 is 0 Å². The lowest BCUT2D eigenvalue weighted by Gasteiger charge is -2.47. The molecule has 1 saturated carbocycles. The maximum absolute atomic E-state index is 13.8. The molecule has 1 aromatic carbocycles. The second-order valence-corrected chi connectivity index (χ2v) is 13.5. The van der Waals surface area contributed by atoms with Crippen molar-refractivity contribution in [1.29, 1.82) is 0 Å². The number of aromatic amines is 1.